The van der Waals surface area contributed by atoms with Crippen molar-refractivity contribution < 1.29 is 19.4 Å². The summed E-state index contributed by atoms with van der Waals surface area (Å²) in [5, 5.41) is 13.3. The van der Waals surface area contributed by atoms with Gasteiger partial charge in [-0.05, 0) is 41.0 Å². The Morgan fingerprint density at radius 1 is 1.26 bits per heavy atom. The van der Waals surface area contributed by atoms with Crippen molar-refractivity contribution in [3.8, 4) is 0 Å². The number of nitrogens with one attached hydrogen (secondary N) is 1. The third-order valence-electron chi connectivity index (χ3n) is 3.96. The van der Waals surface area contributed by atoms with Crippen LogP contribution in [0, 0.1) is 0 Å². The monoisotopic (exact) mass is 311 g/mol. The standard InChI is InChI=1S/C18H17NO4/c1-11(17(20)21)19-18(22)23-10-15-7-6-14-8-12-4-2-3-5-13(12)9-16(14)15/h2-9,11,15H,10H2,1H3,(H,19,22)(H,20,21)/t11-,15?/m0/s1. The van der Waals surface area contributed by atoms with E-state index in [-0.39, 0.29) is 12.5 Å². The van der Waals surface area contributed by atoms with Gasteiger partial charge in [-0.1, -0.05) is 36.4 Å². The minimum atomic E-state index is -1.10. The summed E-state index contributed by atoms with van der Waals surface area (Å²) in [4.78, 5) is 22.3. The molecule has 1 unspecified atom stereocenters. The topological polar surface area (TPSA) is 75.6 Å². The molecule has 0 heterocycles. The van der Waals surface area contributed by atoms with E-state index in [9.17, 15) is 9.59 Å². The van der Waals surface area contributed by atoms with Crippen molar-refractivity contribution in [3.05, 3.63) is 53.6 Å². The van der Waals surface area contributed by atoms with Gasteiger partial charge >= 0.3 is 12.1 Å². The zero-order chi connectivity index (χ0) is 16.4. The zero-order valence-electron chi connectivity index (χ0n) is 12.7. The molecule has 0 saturated heterocycles. The van der Waals surface area contributed by atoms with Gasteiger partial charge in [0, 0.05) is 5.92 Å². The van der Waals surface area contributed by atoms with E-state index >= 15 is 0 Å². The predicted molar refractivity (Wildman–Crippen MR) is 87.3 cm³/mol. The third kappa shape index (κ3) is 3.18. The second kappa shape index (κ2) is 6.12. The van der Waals surface area contributed by atoms with E-state index in [1.54, 1.807) is 0 Å². The van der Waals surface area contributed by atoms with Crippen molar-refractivity contribution in [2.45, 2.75) is 18.9 Å². The van der Waals surface area contributed by atoms with Crippen LogP contribution in [0.4, 0.5) is 4.79 Å². The van der Waals surface area contributed by atoms with Gasteiger partial charge in [0.05, 0.1) is 0 Å². The van der Waals surface area contributed by atoms with E-state index in [1.807, 2.05) is 30.4 Å². The van der Waals surface area contributed by atoms with Crippen LogP contribution in [0.15, 0.2) is 42.5 Å². The van der Waals surface area contributed by atoms with Crippen molar-refractivity contribution in [1.29, 1.82) is 0 Å². The summed E-state index contributed by atoms with van der Waals surface area (Å²) in [6.45, 7) is 1.57. The fourth-order valence-electron chi connectivity index (χ4n) is 2.66. The quantitative estimate of drug-likeness (QED) is 0.909. The second-order valence-corrected chi connectivity index (χ2v) is 5.60. The summed E-state index contributed by atoms with van der Waals surface area (Å²) in [5.74, 6) is -1.11. The lowest BCUT2D eigenvalue weighted by Gasteiger charge is -2.14. The van der Waals surface area contributed by atoms with Crippen molar-refractivity contribution in [3.63, 3.8) is 0 Å². The molecule has 2 aromatic rings. The first-order valence-electron chi connectivity index (χ1n) is 7.41. The number of carboxylic acid groups (broad SMARTS) is 1. The number of hydrogen-bond acceptors (Lipinski definition) is 3. The van der Waals surface area contributed by atoms with Gasteiger partial charge in [-0.15, -0.1) is 0 Å². The Bertz CT molecular complexity index is 797. The maximum atomic E-state index is 11.6. The molecule has 2 atom stereocenters. The highest BCUT2D eigenvalue weighted by Crippen LogP contribution is 2.33. The molecule has 1 aliphatic carbocycles. The van der Waals surface area contributed by atoms with E-state index in [4.69, 9.17) is 9.84 Å². The number of hydrogen-bond donors (Lipinski definition) is 2. The van der Waals surface area contributed by atoms with Gasteiger partial charge < -0.3 is 15.2 Å². The first-order valence-corrected chi connectivity index (χ1v) is 7.41. The van der Waals surface area contributed by atoms with E-state index in [1.165, 1.54) is 12.3 Å². The molecule has 0 spiro atoms. The Morgan fingerprint density at radius 3 is 2.65 bits per heavy atom. The van der Waals surface area contributed by atoms with Crippen LogP contribution < -0.4 is 5.32 Å². The molecule has 0 aromatic heterocycles. The normalized spacial score (nSPS) is 16.8. The van der Waals surface area contributed by atoms with E-state index < -0.39 is 18.1 Å². The van der Waals surface area contributed by atoms with Gasteiger partial charge in [-0.2, -0.15) is 0 Å². The molecular formula is C18H17NO4. The lowest BCUT2D eigenvalue weighted by Crippen LogP contribution is -2.39. The number of aliphatic carboxylic acids is 1. The molecule has 23 heavy (non-hydrogen) atoms. The Morgan fingerprint density at radius 2 is 1.96 bits per heavy atom. The lowest BCUT2D eigenvalue weighted by atomic mass is 9.97. The van der Waals surface area contributed by atoms with Crippen molar-refractivity contribution in [1.82, 2.24) is 5.32 Å². The highest BCUT2D eigenvalue weighted by molar-refractivity contribution is 5.87. The van der Waals surface area contributed by atoms with E-state index in [0.717, 1.165) is 16.5 Å². The number of carbonyl (C=O) groups is 2. The van der Waals surface area contributed by atoms with Gasteiger partial charge in [0.15, 0.2) is 0 Å². The highest BCUT2D eigenvalue weighted by atomic mass is 16.5. The first kappa shape index (κ1) is 15.1. The van der Waals surface area contributed by atoms with Crippen LogP contribution in [0.3, 0.4) is 0 Å². The molecule has 118 valence electrons. The number of carboxylic acids is 1. The van der Waals surface area contributed by atoms with Gasteiger partial charge in [-0.25, -0.2) is 4.79 Å². The average molecular weight is 311 g/mol. The summed E-state index contributed by atoms with van der Waals surface area (Å²) in [6.07, 6.45) is 3.30. The number of rotatable bonds is 4. The smallest absolute Gasteiger partial charge is 0.407 e. The fraction of sp³-hybridized carbons (Fsp3) is 0.222. The van der Waals surface area contributed by atoms with Gasteiger partial charge in [0.25, 0.3) is 0 Å². The van der Waals surface area contributed by atoms with E-state index in [2.05, 4.69) is 23.5 Å². The number of alkyl carbamates (subject to hydrolysis) is 1. The Hall–Kier alpha value is -2.82. The summed E-state index contributed by atoms with van der Waals surface area (Å²) >= 11 is 0. The summed E-state index contributed by atoms with van der Waals surface area (Å²) in [7, 11) is 0. The molecule has 1 aliphatic rings. The Labute approximate surface area is 133 Å². The van der Waals surface area contributed by atoms with Crippen molar-refractivity contribution in [2.75, 3.05) is 6.61 Å². The molecule has 2 N–H and O–H groups in total. The maximum absolute atomic E-state index is 11.6. The molecule has 1 amide bonds. The lowest BCUT2D eigenvalue weighted by molar-refractivity contribution is -0.138. The third-order valence-corrected chi connectivity index (χ3v) is 3.96. The summed E-state index contributed by atoms with van der Waals surface area (Å²) < 4.78 is 5.15. The van der Waals surface area contributed by atoms with Gasteiger partial charge in [0.1, 0.15) is 12.6 Å². The second-order valence-electron chi connectivity index (χ2n) is 5.60. The molecular weight excluding hydrogens is 294 g/mol. The first-order chi connectivity index (χ1) is 11.0. The van der Waals surface area contributed by atoms with Crippen molar-refractivity contribution >= 4 is 28.9 Å². The van der Waals surface area contributed by atoms with Gasteiger partial charge in [0.2, 0.25) is 0 Å². The maximum Gasteiger partial charge on any atom is 0.407 e. The van der Waals surface area contributed by atoms with Crippen LogP contribution in [-0.4, -0.2) is 29.8 Å². The van der Waals surface area contributed by atoms with Crippen LogP contribution in [0.1, 0.15) is 24.0 Å². The van der Waals surface area contributed by atoms with Crippen LogP contribution in [-0.2, 0) is 9.53 Å². The molecule has 0 aliphatic heterocycles. The van der Waals surface area contributed by atoms with Crippen molar-refractivity contribution in [2.24, 2.45) is 0 Å². The Balaban J connectivity index is 1.68. The minimum absolute atomic E-state index is 0.0134. The number of carbonyl (C=O) groups excluding carboxylic acids is 1. The molecule has 0 fully saturated rings. The number of benzene rings is 2. The highest BCUT2D eigenvalue weighted by Gasteiger charge is 2.21. The average Bonchev–Trinajstić information content (AvgIpc) is 2.92. The number of fused-ring (bicyclic) bond motifs is 2. The van der Waals surface area contributed by atoms with Crippen LogP contribution in [0.5, 0.6) is 0 Å². The molecule has 0 radical (unpaired) electrons. The summed E-state index contributed by atoms with van der Waals surface area (Å²) in [5.41, 5.74) is 2.24. The predicted octanol–water partition coefficient (Wildman–Crippen LogP) is 3.15. The Kier molecular flexibility index (Phi) is 4.02. The number of ether oxygens (including phenoxy) is 1. The molecule has 0 bridgehead atoms. The molecule has 2 aromatic carbocycles. The molecule has 0 saturated carbocycles. The molecule has 3 rings (SSSR count). The molecule has 5 nitrogen and oxygen atoms in total. The zero-order valence-corrected chi connectivity index (χ0v) is 12.7. The van der Waals surface area contributed by atoms with E-state index in [0.29, 0.717) is 0 Å². The summed E-state index contributed by atoms with van der Waals surface area (Å²) in [6, 6.07) is 11.4. The SMILES string of the molecule is C[C@H](NC(=O)OCC1C=Cc2cc3ccccc3cc21)C(=O)O. The van der Waals surface area contributed by atoms with Crippen LogP contribution in [0.2, 0.25) is 0 Å². The van der Waals surface area contributed by atoms with Gasteiger partial charge in [-0.3, -0.25) is 4.79 Å². The molecule has 5 heteroatoms. The minimum Gasteiger partial charge on any atom is -0.480 e. The fourth-order valence-corrected chi connectivity index (χ4v) is 2.66. The van der Waals surface area contributed by atoms with Crippen LogP contribution in [0.25, 0.3) is 16.8 Å². The largest absolute Gasteiger partial charge is 0.480 e. The van der Waals surface area contributed by atoms with Crippen LogP contribution >= 0.6 is 0 Å². The number of amides is 1.